The summed E-state index contributed by atoms with van der Waals surface area (Å²) in [7, 11) is 1.56. The number of anilines is 2. The number of ether oxygens (including phenoxy) is 3. The van der Waals surface area contributed by atoms with Gasteiger partial charge in [-0.1, -0.05) is 0 Å². The molecule has 4 rings (SSSR count). The van der Waals surface area contributed by atoms with Crippen molar-refractivity contribution in [1.82, 2.24) is 0 Å². The van der Waals surface area contributed by atoms with Crippen LogP contribution in [0.3, 0.4) is 0 Å². The highest BCUT2D eigenvalue weighted by molar-refractivity contribution is 6.16. The van der Waals surface area contributed by atoms with Gasteiger partial charge in [-0.3, -0.25) is 14.6 Å². The summed E-state index contributed by atoms with van der Waals surface area (Å²) in [6, 6.07) is 15.8. The van der Waals surface area contributed by atoms with E-state index in [0.717, 1.165) is 0 Å². The maximum absolute atomic E-state index is 13.2. The smallest absolute Gasteiger partial charge is 0.240 e. The van der Waals surface area contributed by atoms with E-state index >= 15 is 0 Å². The normalized spacial score (nSPS) is 14.0. The van der Waals surface area contributed by atoms with E-state index in [0.29, 0.717) is 58.5 Å². The molecule has 9 heteroatoms. The predicted molar refractivity (Wildman–Crippen MR) is 159 cm³/mol. The van der Waals surface area contributed by atoms with Crippen LogP contribution in [0.5, 0.6) is 17.2 Å². The Hall–Kier alpha value is -4.66. The van der Waals surface area contributed by atoms with Crippen molar-refractivity contribution in [2.45, 2.75) is 46.1 Å². The van der Waals surface area contributed by atoms with Crippen LogP contribution in [-0.2, 0) is 9.59 Å². The maximum atomic E-state index is 13.2. The predicted octanol–water partition coefficient (Wildman–Crippen LogP) is 7.14. The first-order chi connectivity index (χ1) is 19.5. The average molecular weight is 560 g/mol. The first-order valence-corrected chi connectivity index (χ1v) is 13.2. The van der Waals surface area contributed by atoms with Crippen molar-refractivity contribution in [2.75, 3.05) is 17.7 Å². The Morgan fingerprint density at radius 3 is 1.98 bits per heavy atom. The number of hydrogen-bond acceptors (Lipinski definition) is 6. The minimum atomic E-state index is -1.16. The number of hydrogen-bond donors (Lipinski definition) is 2. The Morgan fingerprint density at radius 1 is 0.951 bits per heavy atom. The molecule has 2 N–H and O–H groups in total. The molecule has 8 nitrogen and oxygen atoms in total. The van der Waals surface area contributed by atoms with Crippen molar-refractivity contribution in [3.05, 3.63) is 78.1 Å². The Kier molecular flexibility index (Phi) is 8.47. The summed E-state index contributed by atoms with van der Waals surface area (Å²) in [6.45, 7) is 11.4. The first kappa shape index (κ1) is 29.3. The molecule has 0 radical (unpaired) electrons. The van der Waals surface area contributed by atoms with Crippen molar-refractivity contribution in [2.24, 2.45) is 10.4 Å². The summed E-state index contributed by atoms with van der Waals surface area (Å²) in [4.78, 5) is 30.0. The molecule has 0 saturated heterocycles. The second-order valence-electron chi connectivity index (χ2n) is 10.7. The fraction of sp³-hybridized carbons (Fsp3) is 0.281. The van der Waals surface area contributed by atoms with Crippen LogP contribution in [0.15, 0.2) is 71.7 Å². The molecule has 0 atom stereocenters. The van der Waals surface area contributed by atoms with Gasteiger partial charge in [0.25, 0.3) is 0 Å². The van der Waals surface area contributed by atoms with E-state index in [2.05, 4.69) is 22.3 Å². The van der Waals surface area contributed by atoms with Gasteiger partial charge < -0.3 is 24.8 Å². The third-order valence-corrected chi connectivity index (χ3v) is 6.46. The topological polar surface area (TPSA) is 98.2 Å². The monoisotopic (exact) mass is 559 g/mol. The van der Waals surface area contributed by atoms with Crippen molar-refractivity contribution < 1.29 is 28.2 Å². The molecule has 1 aliphatic rings. The van der Waals surface area contributed by atoms with Crippen LogP contribution in [0, 0.1) is 11.2 Å². The minimum Gasteiger partial charge on any atom is -0.493 e. The van der Waals surface area contributed by atoms with E-state index in [4.69, 9.17) is 14.2 Å². The lowest BCUT2D eigenvalue weighted by atomic mass is 10.0. The van der Waals surface area contributed by atoms with Gasteiger partial charge in [-0.2, -0.15) is 0 Å². The van der Waals surface area contributed by atoms with Crippen molar-refractivity contribution >= 4 is 41.4 Å². The SMILES string of the molecule is C=Nc1cc(OC)c(OC(C)(C)C)cc1/C(=C\C)Oc1ccc(NC(=O)C2(C(=O)Nc3ccc(F)cc3)CC2)cc1. The molecule has 1 saturated carbocycles. The molecule has 3 aromatic carbocycles. The fourth-order valence-electron chi connectivity index (χ4n) is 4.17. The maximum Gasteiger partial charge on any atom is 0.240 e. The summed E-state index contributed by atoms with van der Waals surface area (Å²) in [5.74, 6) is 0.904. The van der Waals surface area contributed by atoms with Crippen LogP contribution in [0.4, 0.5) is 21.5 Å². The summed E-state index contributed by atoms with van der Waals surface area (Å²) in [5.41, 5.74) is 0.573. The second kappa shape index (κ2) is 11.8. The molecule has 3 aromatic rings. The molecular weight excluding hydrogens is 525 g/mol. The molecule has 1 fully saturated rings. The van der Waals surface area contributed by atoms with Gasteiger partial charge in [0.1, 0.15) is 28.3 Å². The number of carbonyl (C=O) groups is 2. The van der Waals surface area contributed by atoms with Crippen molar-refractivity contribution in [3.8, 4) is 17.2 Å². The van der Waals surface area contributed by atoms with Crippen molar-refractivity contribution in [3.63, 3.8) is 0 Å². The number of methoxy groups -OCH3 is 1. The first-order valence-electron chi connectivity index (χ1n) is 13.2. The quantitative estimate of drug-likeness (QED) is 0.156. The van der Waals surface area contributed by atoms with Crippen LogP contribution in [0.1, 0.15) is 46.1 Å². The van der Waals surface area contributed by atoms with Gasteiger partial charge in [-0.15, -0.1) is 0 Å². The molecule has 0 spiro atoms. The molecule has 0 aromatic heterocycles. The average Bonchev–Trinajstić information content (AvgIpc) is 3.75. The molecule has 0 aliphatic heterocycles. The molecule has 0 bridgehead atoms. The van der Waals surface area contributed by atoms with E-state index in [1.54, 1.807) is 37.4 Å². The molecule has 0 heterocycles. The number of allylic oxidation sites excluding steroid dienone is 1. The lowest BCUT2D eigenvalue weighted by Gasteiger charge is -2.24. The van der Waals surface area contributed by atoms with Gasteiger partial charge >= 0.3 is 0 Å². The van der Waals surface area contributed by atoms with Gasteiger partial charge in [-0.05, 0) is 108 Å². The summed E-state index contributed by atoms with van der Waals surface area (Å²) < 4.78 is 30.9. The Balaban J connectivity index is 1.46. The zero-order chi connectivity index (χ0) is 29.8. The van der Waals surface area contributed by atoms with Crippen LogP contribution in [-0.4, -0.2) is 31.2 Å². The lowest BCUT2D eigenvalue weighted by molar-refractivity contribution is -0.131. The number of amides is 2. The molecule has 2 amide bonds. The van der Waals surface area contributed by atoms with Gasteiger partial charge in [0, 0.05) is 23.0 Å². The lowest BCUT2D eigenvalue weighted by Crippen LogP contribution is -2.35. The largest absolute Gasteiger partial charge is 0.493 e. The Morgan fingerprint density at radius 2 is 1.51 bits per heavy atom. The van der Waals surface area contributed by atoms with Crippen molar-refractivity contribution in [1.29, 1.82) is 0 Å². The second-order valence-corrected chi connectivity index (χ2v) is 10.7. The Labute approximate surface area is 239 Å². The number of aliphatic imine (C=N–C) groups is 1. The molecular formula is C32H34FN3O5. The summed E-state index contributed by atoms with van der Waals surface area (Å²) in [6.07, 6.45) is 2.67. The van der Waals surface area contributed by atoms with E-state index < -0.39 is 28.6 Å². The number of nitrogens with zero attached hydrogens (tertiary/aromatic N) is 1. The Bertz CT molecular complexity index is 1470. The van der Waals surface area contributed by atoms with Gasteiger partial charge in [0.05, 0.1) is 12.8 Å². The zero-order valence-electron chi connectivity index (χ0n) is 23.8. The van der Waals surface area contributed by atoms with Crippen LogP contribution in [0.25, 0.3) is 5.76 Å². The third-order valence-electron chi connectivity index (χ3n) is 6.46. The standard InChI is InChI=1S/C32H34FN3O5/c1-7-26(24-18-28(41-31(2,3)4)27(39-6)19-25(24)34-5)40-23-14-12-22(13-15-23)36-30(38)32(16-17-32)29(37)35-21-10-8-20(33)9-11-21/h7-15,18-19H,5,16-17H2,1-4,6H3,(H,35,37)(H,36,38)/b26-7+. The highest BCUT2D eigenvalue weighted by atomic mass is 19.1. The number of benzene rings is 3. The van der Waals surface area contributed by atoms with Crippen LogP contribution in [0.2, 0.25) is 0 Å². The van der Waals surface area contributed by atoms with E-state index in [1.165, 1.54) is 24.3 Å². The summed E-state index contributed by atoms with van der Waals surface area (Å²) >= 11 is 0. The van der Waals surface area contributed by atoms with Gasteiger partial charge in [0.2, 0.25) is 11.8 Å². The number of nitrogens with one attached hydrogen (secondary N) is 2. The van der Waals surface area contributed by atoms with Crippen LogP contribution >= 0.6 is 0 Å². The number of rotatable bonds is 10. The number of carbonyl (C=O) groups excluding carboxylic acids is 2. The van der Waals surface area contributed by atoms with E-state index in [9.17, 15) is 14.0 Å². The molecule has 41 heavy (non-hydrogen) atoms. The summed E-state index contributed by atoms with van der Waals surface area (Å²) in [5, 5.41) is 5.53. The highest BCUT2D eigenvalue weighted by Crippen LogP contribution is 2.47. The highest BCUT2D eigenvalue weighted by Gasteiger charge is 2.56. The van der Waals surface area contributed by atoms with E-state index in [-0.39, 0.29) is 0 Å². The fourth-order valence-corrected chi connectivity index (χ4v) is 4.17. The molecule has 0 unspecified atom stereocenters. The zero-order valence-corrected chi connectivity index (χ0v) is 23.8. The molecule has 1 aliphatic carbocycles. The molecule has 214 valence electrons. The number of halogens is 1. The van der Waals surface area contributed by atoms with Gasteiger partial charge in [-0.25, -0.2) is 4.39 Å². The van der Waals surface area contributed by atoms with Gasteiger partial charge in [0.15, 0.2) is 11.5 Å². The minimum absolute atomic E-state index is 0.397. The third kappa shape index (κ3) is 6.92. The van der Waals surface area contributed by atoms with Crippen LogP contribution < -0.4 is 24.8 Å². The van der Waals surface area contributed by atoms with E-state index in [1.807, 2.05) is 39.8 Å².